The third-order valence-corrected chi connectivity index (χ3v) is 5.07. The van der Waals surface area contributed by atoms with E-state index in [-0.39, 0.29) is 5.92 Å². The molecule has 0 fully saturated rings. The van der Waals surface area contributed by atoms with Crippen molar-refractivity contribution in [2.45, 2.75) is 30.1 Å². The van der Waals surface area contributed by atoms with E-state index in [1.165, 1.54) is 11.8 Å². The summed E-state index contributed by atoms with van der Waals surface area (Å²) >= 11 is 1.36. The van der Waals surface area contributed by atoms with E-state index in [1.54, 1.807) is 6.20 Å². The highest BCUT2D eigenvalue weighted by molar-refractivity contribution is 7.99. The Kier molecular flexibility index (Phi) is 5.71. The summed E-state index contributed by atoms with van der Waals surface area (Å²) in [5.41, 5.74) is 1.69. The maximum Gasteiger partial charge on any atom is 0.229 e. The number of hydrogen-bond acceptors (Lipinski definition) is 8. The van der Waals surface area contributed by atoms with E-state index in [0.717, 1.165) is 17.2 Å². The van der Waals surface area contributed by atoms with Crippen LogP contribution in [0.25, 0.3) is 17.2 Å². The zero-order chi connectivity index (χ0) is 21.1. The fourth-order valence-electron chi connectivity index (χ4n) is 2.75. The van der Waals surface area contributed by atoms with Gasteiger partial charge >= 0.3 is 0 Å². The zero-order valence-corrected chi connectivity index (χ0v) is 18.1. The largest absolute Gasteiger partial charge is 0.347 e. The molecule has 4 aromatic rings. The Morgan fingerprint density at radius 1 is 0.900 bits per heavy atom. The molecule has 30 heavy (non-hydrogen) atoms. The van der Waals surface area contributed by atoms with E-state index in [1.807, 2.05) is 72.1 Å². The topological polar surface area (TPSA) is 85.5 Å². The van der Waals surface area contributed by atoms with Crippen LogP contribution in [0, 0.1) is 0 Å². The summed E-state index contributed by atoms with van der Waals surface area (Å²) in [6, 6.07) is 15.7. The first-order valence-corrected chi connectivity index (χ1v) is 10.4. The predicted octanol–water partition coefficient (Wildman–Crippen LogP) is 3.85. The first-order valence-electron chi connectivity index (χ1n) is 9.56. The van der Waals surface area contributed by atoms with Gasteiger partial charge in [-0.25, -0.2) is 4.98 Å². The lowest BCUT2D eigenvalue weighted by atomic mass is 10.2. The number of aromatic nitrogens is 7. The van der Waals surface area contributed by atoms with Crippen molar-refractivity contribution in [2.75, 3.05) is 19.0 Å². The molecule has 8 nitrogen and oxygen atoms in total. The van der Waals surface area contributed by atoms with Crippen molar-refractivity contribution in [1.29, 1.82) is 0 Å². The van der Waals surface area contributed by atoms with Gasteiger partial charge in [0.05, 0.1) is 0 Å². The number of para-hydroxylation sites is 1. The molecular weight excluding hydrogens is 396 g/mol. The molecule has 0 saturated heterocycles. The number of nitrogens with zero attached hydrogens (tertiary/aromatic N) is 8. The molecule has 9 heteroatoms. The van der Waals surface area contributed by atoms with Gasteiger partial charge in [-0.15, -0.1) is 10.2 Å². The van der Waals surface area contributed by atoms with Crippen LogP contribution in [0.4, 0.5) is 5.95 Å². The van der Waals surface area contributed by atoms with Crippen LogP contribution in [0.2, 0.25) is 0 Å². The number of hydrogen-bond donors (Lipinski definition) is 0. The summed E-state index contributed by atoms with van der Waals surface area (Å²) < 4.78 is 1.97. The molecule has 0 aliphatic carbocycles. The van der Waals surface area contributed by atoms with Crippen LogP contribution in [-0.4, -0.2) is 48.8 Å². The fourth-order valence-corrected chi connectivity index (χ4v) is 3.55. The second-order valence-electron chi connectivity index (χ2n) is 7.12. The molecule has 0 amide bonds. The van der Waals surface area contributed by atoms with E-state index < -0.39 is 0 Å². The molecule has 152 valence electrons. The standard InChI is InChI=1S/C21H22N8S/c1-14(2)17-23-19(28(3)4)25-20(24-17)30-21-27-26-18(16-12-8-9-13-22-16)29(21)15-10-6-5-7-11-15/h5-14H,1-4H3. The number of benzene rings is 1. The second kappa shape index (κ2) is 8.58. The van der Waals surface area contributed by atoms with E-state index in [0.29, 0.717) is 22.1 Å². The zero-order valence-electron chi connectivity index (χ0n) is 17.3. The van der Waals surface area contributed by atoms with Crippen LogP contribution < -0.4 is 4.90 Å². The van der Waals surface area contributed by atoms with Crippen LogP contribution in [0.3, 0.4) is 0 Å². The number of pyridine rings is 1. The van der Waals surface area contributed by atoms with Crippen LogP contribution in [0.15, 0.2) is 65.0 Å². The van der Waals surface area contributed by atoms with Crippen molar-refractivity contribution in [2.24, 2.45) is 0 Å². The molecule has 0 bridgehead atoms. The Morgan fingerprint density at radius 3 is 2.33 bits per heavy atom. The Morgan fingerprint density at radius 2 is 1.67 bits per heavy atom. The van der Waals surface area contributed by atoms with E-state index in [9.17, 15) is 0 Å². The van der Waals surface area contributed by atoms with Crippen LogP contribution in [0.5, 0.6) is 0 Å². The van der Waals surface area contributed by atoms with Crippen LogP contribution in [-0.2, 0) is 0 Å². The lowest BCUT2D eigenvalue weighted by molar-refractivity contribution is 0.714. The minimum atomic E-state index is 0.183. The minimum Gasteiger partial charge on any atom is -0.347 e. The normalized spacial score (nSPS) is 11.1. The number of rotatable bonds is 6. The highest BCUT2D eigenvalue weighted by Crippen LogP contribution is 2.31. The van der Waals surface area contributed by atoms with Crippen molar-refractivity contribution in [3.05, 3.63) is 60.6 Å². The van der Waals surface area contributed by atoms with Gasteiger partial charge in [0.25, 0.3) is 0 Å². The Labute approximate surface area is 179 Å². The summed E-state index contributed by atoms with van der Waals surface area (Å²) in [6.07, 6.45) is 1.75. The van der Waals surface area contributed by atoms with Gasteiger partial charge in [-0.3, -0.25) is 9.55 Å². The van der Waals surface area contributed by atoms with E-state index >= 15 is 0 Å². The molecule has 3 aromatic heterocycles. The number of anilines is 1. The molecule has 0 aliphatic heterocycles. The van der Waals surface area contributed by atoms with Gasteiger partial charge in [0.2, 0.25) is 16.3 Å². The minimum absolute atomic E-state index is 0.183. The van der Waals surface area contributed by atoms with Crippen molar-refractivity contribution in [1.82, 2.24) is 34.7 Å². The maximum atomic E-state index is 4.64. The molecule has 1 aromatic carbocycles. The summed E-state index contributed by atoms with van der Waals surface area (Å²) in [5.74, 6) is 2.20. The van der Waals surface area contributed by atoms with Gasteiger partial charge in [-0.2, -0.15) is 9.97 Å². The summed E-state index contributed by atoms with van der Waals surface area (Å²) in [4.78, 5) is 20.1. The average molecular weight is 419 g/mol. The van der Waals surface area contributed by atoms with Gasteiger partial charge < -0.3 is 4.90 Å². The van der Waals surface area contributed by atoms with E-state index in [2.05, 4.69) is 44.0 Å². The molecule has 3 heterocycles. The third kappa shape index (κ3) is 4.16. The summed E-state index contributed by atoms with van der Waals surface area (Å²) in [5, 5.41) is 10.1. The first kappa shape index (κ1) is 20.0. The molecule has 0 spiro atoms. The Bertz CT molecular complexity index is 1100. The van der Waals surface area contributed by atoms with Crippen LogP contribution in [0.1, 0.15) is 25.6 Å². The smallest absolute Gasteiger partial charge is 0.229 e. The SMILES string of the molecule is CC(C)c1nc(Sc2nnc(-c3ccccn3)n2-c2ccccc2)nc(N(C)C)n1. The lowest BCUT2D eigenvalue weighted by Gasteiger charge is -2.14. The van der Waals surface area contributed by atoms with Gasteiger partial charge in [-0.1, -0.05) is 38.1 Å². The quantitative estimate of drug-likeness (QED) is 0.467. The molecule has 0 N–H and O–H groups in total. The molecular formula is C21H22N8S. The fraction of sp³-hybridized carbons (Fsp3) is 0.238. The van der Waals surface area contributed by atoms with Crippen LogP contribution >= 0.6 is 11.8 Å². The molecule has 0 radical (unpaired) electrons. The highest BCUT2D eigenvalue weighted by atomic mass is 32.2. The van der Waals surface area contributed by atoms with Crippen molar-refractivity contribution < 1.29 is 0 Å². The van der Waals surface area contributed by atoms with Crippen molar-refractivity contribution >= 4 is 17.7 Å². The summed E-state index contributed by atoms with van der Waals surface area (Å²) in [7, 11) is 3.83. The molecule has 0 aliphatic rings. The van der Waals surface area contributed by atoms with Crippen molar-refractivity contribution in [3.63, 3.8) is 0 Å². The molecule has 0 atom stereocenters. The molecule has 0 unspecified atom stereocenters. The van der Waals surface area contributed by atoms with Crippen molar-refractivity contribution in [3.8, 4) is 17.2 Å². The van der Waals surface area contributed by atoms with Gasteiger partial charge in [0.1, 0.15) is 11.5 Å². The van der Waals surface area contributed by atoms with Gasteiger partial charge in [0.15, 0.2) is 5.82 Å². The highest BCUT2D eigenvalue weighted by Gasteiger charge is 2.20. The predicted molar refractivity (Wildman–Crippen MR) is 117 cm³/mol. The maximum absolute atomic E-state index is 4.64. The third-order valence-electron chi connectivity index (χ3n) is 4.26. The second-order valence-corrected chi connectivity index (χ2v) is 8.05. The molecule has 4 rings (SSSR count). The van der Waals surface area contributed by atoms with Gasteiger partial charge in [-0.05, 0) is 36.0 Å². The lowest BCUT2D eigenvalue weighted by Crippen LogP contribution is -2.16. The molecule has 0 saturated carbocycles. The average Bonchev–Trinajstić information content (AvgIpc) is 3.18. The van der Waals surface area contributed by atoms with E-state index in [4.69, 9.17) is 0 Å². The first-order chi connectivity index (χ1) is 14.5. The Balaban J connectivity index is 1.82. The summed E-state index contributed by atoms with van der Waals surface area (Å²) in [6.45, 7) is 4.13. The monoisotopic (exact) mass is 418 g/mol. The Hall–Kier alpha value is -3.33. The van der Waals surface area contributed by atoms with Gasteiger partial charge in [0, 0.05) is 31.9 Å².